The second-order valence-electron chi connectivity index (χ2n) is 6.51. The molecule has 0 heterocycles. The number of hydrogen-bond donors (Lipinski definition) is 2. The Bertz CT molecular complexity index is 510. The Balaban J connectivity index is 2.61. The number of rotatable bonds is 6. The summed E-state index contributed by atoms with van der Waals surface area (Å²) in [4.78, 5) is 11.7. The van der Waals surface area contributed by atoms with Crippen LogP contribution in [0.5, 0.6) is 0 Å². The number of carbonyl (C=O) groups excluding carboxylic acids is 1. The summed E-state index contributed by atoms with van der Waals surface area (Å²) in [6.07, 6.45) is 0.179. The second kappa shape index (κ2) is 8.24. The third-order valence-electron chi connectivity index (χ3n) is 3.30. The van der Waals surface area contributed by atoms with Gasteiger partial charge in [-0.2, -0.15) is 0 Å². The van der Waals surface area contributed by atoms with E-state index in [2.05, 4.69) is 10.6 Å². The number of nitrogens with one attached hydrogen (secondary N) is 2. The third kappa shape index (κ3) is 6.52. The number of hydrogen-bond acceptors (Lipinski definition) is 3. The van der Waals surface area contributed by atoms with E-state index in [9.17, 15) is 13.6 Å². The minimum Gasteiger partial charge on any atom is -0.444 e. The normalized spacial score (nSPS) is 14.2. The molecule has 0 spiro atoms. The lowest BCUT2D eigenvalue weighted by atomic mass is 10.1. The smallest absolute Gasteiger partial charge is 0.407 e. The van der Waals surface area contributed by atoms with Gasteiger partial charge < -0.3 is 15.4 Å². The molecule has 6 heteroatoms. The molecular weight excluding hydrogens is 302 g/mol. The van der Waals surface area contributed by atoms with Crippen LogP contribution in [0.25, 0.3) is 0 Å². The van der Waals surface area contributed by atoms with Crippen LogP contribution in [0.2, 0.25) is 0 Å². The molecular formula is C17H26F2N2O2. The highest BCUT2D eigenvalue weighted by molar-refractivity contribution is 5.67. The maximum absolute atomic E-state index is 13.8. The number of carbonyl (C=O) groups is 1. The zero-order valence-corrected chi connectivity index (χ0v) is 14.4. The van der Waals surface area contributed by atoms with E-state index in [-0.39, 0.29) is 11.6 Å². The molecule has 0 radical (unpaired) electrons. The monoisotopic (exact) mass is 328 g/mol. The van der Waals surface area contributed by atoms with Gasteiger partial charge in [0.05, 0.1) is 0 Å². The van der Waals surface area contributed by atoms with Crippen molar-refractivity contribution in [3.05, 3.63) is 35.4 Å². The lowest BCUT2D eigenvalue weighted by Gasteiger charge is -2.25. The molecule has 0 aliphatic carbocycles. The topological polar surface area (TPSA) is 50.4 Å². The number of benzene rings is 1. The van der Waals surface area contributed by atoms with Gasteiger partial charge in [-0.25, -0.2) is 13.6 Å². The van der Waals surface area contributed by atoms with Crippen LogP contribution in [0.3, 0.4) is 0 Å². The van der Waals surface area contributed by atoms with Gasteiger partial charge in [-0.1, -0.05) is 13.0 Å². The number of amides is 1. The van der Waals surface area contributed by atoms with Crippen LogP contribution >= 0.6 is 0 Å². The second-order valence-corrected chi connectivity index (χ2v) is 6.51. The summed E-state index contributed by atoms with van der Waals surface area (Å²) in [5.41, 5.74) is -0.564. The van der Waals surface area contributed by atoms with Crippen LogP contribution < -0.4 is 10.6 Å². The van der Waals surface area contributed by atoms with E-state index in [0.717, 1.165) is 0 Å². The Hall–Kier alpha value is -1.69. The number of alkyl carbamates (subject to hydrolysis) is 1. The zero-order valence-electron chi connectivity index (χ0n) is 14.4. The molecule has 2 N–H and O–H groups in total. The summed E-state index contributed by atoms with van der Waals surface area (Å²) in [5.74, 6) is -1.17. The van der Waals surface area contributed by atoms with Gasteiger partial charge in [-0.3, -0.25) is 0 Å². The Labute approximate surface area is 136 Å². The molecule has 4 nitrogen and oxygen atoms in total. The molecule has 0 fully saturated rings. The molecule has 0 saturated heterocycles. The summed E-state index contributed by atoms with van der Waals surface area (Å²) in [7, 11) is 0. The molecule has 0 aliphatic heterocycles. The van der Waals surface area contributed by atoms with Crippen molar-refractivity contribution in [1.82, 2.24) is 10.6 Å². The van der Waals surface area contributed by atoms with Crippen molar-refractivity contribution in [3.8, 4) is 0 Å². The van der Waals surface area contributed by atoms with E-state index in [1.165, 1.54) is 18.2 Å². The third-order valence-corrected chi connectivity index (χ3v) is 3.30. The molecule has 23 heavy (non-hydrogen) atoms. The van der Waals surface area contributed by atoms with Crippen LogP contribution in [0.15, 0.2) is 18.2 Å². The lowest BCUT2D eigenvalue weighted by molar-refractivity contribution is 0.0521. The Morgan fingerprint density at radius 2 is 1.83 bits per heavy atom. The maximum Gasteiger partial charge on any atom is 0.407 e. The number of ether oxygens (including phenoxy) is 1. The lowest BCUT2D eigenvalue weighted by Crippen LogP contribution is -2.43. The first kappa shape index (κ1) is 19.4. The Kier molecular flexibility index (Phi) is 6.94. The molecule has 1 amide bonds. The van der Waals surface area contributed by atoms with E-state index >= 15 is 0 Å². The van der Waals surface area contributed by atoms with Crippen molar-refractivity contribution >= 4 is 6.09 Å². The summed E-state index contributed by atoms with van der Waals surface area (Å²) in [6, 6.07) is 3.16. The van der Waals surface area contributed by atoms with Gasteiger partial charge in [0.2, 0.25) is 0 Å². The minimum absolute atomic E-state index is 0.00298. The van der Waals surface area contributed by atoms with Crippen molar-refractivity contribution < 1.29 is 18.3 Å². The van der Waals surface area contributed by atoms with Crippen LogP contribution in [0.4, 0.5) is 13.6 Å². The first-order valence-corrected chi connectivity index (χ1v) is 7.80. The van der Waals surface area contributed by atoms with Gasteiger partial charge in [0.1, 0.15) is 17.2 Å². The molecule has 1 aromatic rings. The molecule has 0 aromatic heterocycles. The zero-order chi connectivity index (χ0) is 17.6. The highest BCUT2D eigenvalue weighted by Crippen LogP contribution is 2.21. The molecule has 2 unspecified atom stereocenters. The maximum atomic E-state index is 13.8. The highest BCUT2D eigenvalue weighted by Gasteiger charge is 2.20. The van der Waals surface area contributed by atoms with Gasteiger partial charge in [0, 0.05) is 24.2 Å². The SMILES string of the molecule is CCC(CNC(=O)OC(C)(C)C)NC(C)c1c(F)cccc1F. The first-order valence-electron chi connectivity index (χ1n) is 7.80. The van der Waals surface area contributed by atoms with Crippen LogP contribution in [-0.2, 0) is 4.74 Å². The number of halogens is 2. The van der Waals surface area contributed by atoms with Crippen LogP contribution in [-0.4, -0.2) is 24.3 Å². The predicted molar refractivity (Wildman–Crippen MR) is 86.2 cm³/mol. The van der Waals surface area contributed by atoms with Gasteiger partial charge >= 0.3 is 6.09 Å². The molecule has 0 aliphatic rings. The molecule has 130 valence electrons. The van der Waals surface area contributed by atoms with Crippen LogP contribution in [0.1, 0.15) is 52.6 Å². The van der Waals surface area contributed by atoms with Gasteiger partial charge in [-0.15, -0.1) is 0 Å². The van der Waals surface area contributed by atoms with E-state index in [1.54, 1.807) is 27.7 Å². The fourth-order valence-corrected chi connectivity index (χ4v) is 2.20. The summed E-state index contributed by atoms with van der Waals surface area (Å²) >= 11 is 0. The fraction of sp³-hybridized carbons (Fsp3) is 0.588. The average Bonchev–Trinajstić information content (AvgIpc) is 2.41. The quantitative estimate of drug-likeness (QED) is 0.832. The van der Waals surface area contributed by atoms with Crippen molar-refractivity contribution in [2.45, 2.75) is 58.7 Å². The molecule has 0 bridgehead atoms. The summed E-state index contributed by atoms with van der Waals surface area (Å²) < 4.78 is 32.7. The highest BCUT2D eigenvalue weighted by atomic mass is 19.1. The summed E-state index contributed by atoms with van der Waals surface area (Å²) in [5, 5.41) is 5.80. The Morgan fingerprint density at radius 3 is 2.30 bits per heavy atom. The van der Waals surface area contributed by atoms with Crippen molar-refractivity contribution in [2.24, 2.45) is 0 Å². The van der Waals surface area contributed by atoms with E-state index < -0.39 is 29.4 Å². The minimum atomic E-state index is -0.583. The largest absolute Gasteiger partial charge is 0.444 e. The van der Waals surface area contributed by atoms with Gasteiger partial charge in [-0.05, 0) is 46.2 Å². The van der Waals surface area contributed by atoms with Crippen molar-refractivity contribution in [1.29, 1.82) is 0 Å². The predicted octanol–water partition coefficient (Wildman–Crippen LogP) is 3.92. The summed E-state index contributed by atoms with van der Waals surface area (Å²) in [6.45, 7) is 9.28. The molecule has 0 saturated carbocycles. The average molecular weight is 328 g/mol. The Morgan fingerprint density at radius 1 is 1.26 bits per heavy atom. The molecule has 1 aromatic carbocycles. The van der Waals surface area contributed by atoms with Crippen molar-refractivity contribution in [2.75, 3.05) is 6.54 Å². The first-order chi connectivity index (χ1) is 10.6. The molecule has 1 rings (SSSR count). The van der Waals surface area contributed by atoms with E-state index in [1.807, 2.05) is 6.92 Å². The van der Waals surface area contributed by atoms with E-state index in [0.29, 0.717) is 13.0 Å². The molecule has 2 atom stereocenters. The van der Waals surface area contributed by atoms with Gasteiger partial charge in [0.25, 0.3) is 0 Å². The van der Waals surface area contributed by atoms with Crippen molar-refractivity contribution in [3.63, 3.8) is 0 Å². The fourth-order valence-electron chi connectivity index (χ4n) is 2.20. The van der Waals surface area contributed by atoms with Gasteiger partial charge in [0.15, 0.2) is 0 Å². The van der Waals surface area contributed by atoms with E-state index in [4.69, 9.17) is 4.74 Å². The van der Waals surface area contributed by atoms with Crippen LogP contribution in [0, 0.1) is 11.6 Å². The standard InChI is InChI=1S/C17H26F2N2O2/c1-6-12(10-20-16(22)23-17(3,4)5)21-11(2)15-13(18)8-7-9-14(15)19/h7-9,11-12,21H,6,10H2,1-5H3,(H,20,22).